The maximum atomic E-state index is 11.5. The molecule has 2 fully saturated rings. The van der Waals surface area contributed by atoms with Gasteiger partial charge in [0.1, 0.15) is 30.5 Å². The van der Waals surface area contributed by atoms with Gasteiger partial charge in [-0.25, -0.2) is 0 Å². The molecule has 2 aliphatic heterocycles. The van der Waals surface area contributed by atoms with Crippen LogP contribution in [0.15, 0.2) is 121 Å². The van der Waals surface area contributed by atoms with E-state index in [1.807, 2.05) is 128 Å². The summed E-state index contributed by atoms with van der Waals surface area (Å²) in [5.74, 6) is -0.169. The van der Waals surface area contributed by atoms with E-state index in [0.29, 0.717) is 19.8 Å². The lowest BCUT2D eigenvalue weighted by Gasteiger charge is -2.48. The largest absolute Gasteiger partial charge is 0.387 e. The van der Waals surface area contributed by atoms with Crippen LogP contribution >= 0.6 is 0 Å². The van der Waals surface area contributed by atoms with Gasteiger partial charge in [0.15, 0.2) is 6.29 Å². The van der Waals surface area contributed by atoms with Crippen molar-refractivity contribution in [2.45, 2.75) is 95.4 Å². The van der Waals surface area contributed by atoms with Crippen LogP contribution in [0.2, 0.25) is 0 Å². The number of hydrogen-bond acceptors (Lipinski definition) is 9. The smallest absolute Gasteiger partial charge is 0.187 e. The molecule has 0 saturated carbocycles. The van der Waals surface area contributed by atoms with Crippen LogP contribution in [0.1, 0.15) is 36.1 Å². The molecule has 51 heavy (non-hydrogen) atoms. The highest BCUT2D eigenvalue weighted by atomic mass is 16.7. The summed E-state index contributed by atoms with van der Waals surface area (Å²) < 4.78 is 44.8. The fourth-order valence-corrected chi connectivity index (χ4v) is 6.77. The second-order valence-corrected chi connectivity index (χ2v) is 13.4. The zero-order valence-electron chi connectivity index (χ0n) is 29.3. The summed E-state index contributed by atoms with van der Waals surface area (Å²) in [5.41, 5.74) is 4.01. The van der Waals surface area contributed by atoms with Crippen LogP contribution in [-0.4, -0.2) is 78.5 Å². The summed E-state index contributed by atoms with van der Waals surface area (Å²) >= 11 is 0. The van der Waals surface area contributed by atoms with E-state index in [1.165, 1.54) is 0 Å². The van der Waals surface area contributed by atoms with Crippen LogP contribution in [0.25, 0.3) is 0 Å². The fraction of sp³-hybridized carbons (Fsp3) is 0.429. The average molecular weight is 699 g/mol. The SMILES string of the molecule is CC1C(OCc2ccccc2)[C@@H](C)O[C@H](COCc2ccccc2)[C@H]1O[C@@H]1OC(COCc2ccccc2)[C@H](O)[C@H](O)C1OCc1ccccc1. The summed E-state index contributed by atoms with van der Waals surface area (Å²) in [6.45, 7) is 5.74. The van der Waals surface area contributed by atoms with Crippen molar-refractivity contribution in [1.29, 1.82) is 0 Å². The van der Waals surface area contributed by atoms with Crippen molar-refractivity contribution >= 4 is 0 Å². The molecule has 272 valence electrons. The van der Waals surface area contributed by atoms with Crippen LogP contribution in [-0.2, 0) is 59.6 Å². The molecule has 0 amide bonds. The first-order valence-electron chi connectivity index (χ1n) is 17.8. The fourth-order valence-electron chi connectivity index (χ4n) is 6.77. The van der Waals surface area contributed by atoms with Crippen LogP contribution in [0.3, 0.4) is 0 Å². The normalized spacial score (nSPS) is 29.5. The Morgan fingerprint density at radius 2 is 0.922 bits per heavy atom. The summed E-state index contributed by atoms with van der Waals surface area (Å²) in [4.78, 5) is 0. The zero-order valence-corrected chi connectivity index (χ0v) is 29.3. The van der Waals surface area contributed by atoms with Gasteiger partial charge in [-0.2, -0.15) is 0 Å². The van der Waals surface area contributed by atoms with Crippen molar-refractivity contribution in [2.75, 3.05) is 13.2 Å². The van der Waals surface area contributed by atoms with Gasteiger partial charge in [0.05, 0.1) is 58.0 Å². The van der Waals surface area contributed by atoms with Crippen LogP contribution in [0.5, 0.6) is 0 Å². The zero-order chi connectivity index (χ0) is 35.4. The molecule has 0 aliphatic carbocycles. The molecule has 2 aliphatic rings. The summed E-state index contributed by atoms with van der Waals surface area (Å²) in [7, 11) is 0. The summed E-state index contributed by atoms with van der Waals surface area (Å²) in [5, 5.41) is 22.8. The van der Waals surface area contributed by atoms with E-state index in [9.17, 15) is 10.2 Å². The molecule has 0 radical (unpaired) electrons. The van der Waals surface area contributed by atoms with Gasteiger partial charge in [0, 0.05) is 5.92 Å². The monoisotopic (exact) mass is 698 g/mol. The van der Waals surface area contributed by atoms with E-state index in [1.54, 1.807) is 0 Å². The third-order valence-electron chi connectivity index (χ3n) is 9.55. The van der Waals surface area contributed by atoms with Gasteiger partial charge in [0.2, 0.25) is 0 Å². The Balaban J connectivity index is 1.21. The minimum absolute atomic E-state index is 0.0402. The van der Waals surface area contributed by atoms with E-state index >= 15 is 0 Å². The number of aliphatic hydroxyl groups excluding tert-OH is 2. The Kier molecular flexibility index (Phi) is 13.8. The maximum Gasteiger partial charge on any atom is 0.187 e. The Bertz CT molecular complexity index is 1540. The number of rotatable bonds is 16. The van der Waals surface area contributed by atoms with E-state index in [0.717, 1.165) is 22.3 Å². The van der Waals surface area contributed by atoms with Gasteiger partial charge in [-0.05, 0) is 29.2 Å². The molecule has 2 heterocycles. The van der Waals surface area contributed by atoms with Gasteiger partial charge < -0.3 is 43.4 Å². The molecule has 9 heteroatoms. The third-order valence-corrected chi connectivity index (χ3v) is 9.55. The van der Waals surface area contributed by atoms with E-state index < -0.39 is 42.9 Å². The highest BCUT2D eigenvalue weighted by Gasteiger charge is 2.50. The molecular weight excluding hydrogens is 648 g/mol. The van der Waals surface area contributed by atoms with Crippen molar-refractivity contribution in [3.63, 3.8) is 0 Å². The second-order valence-electron chi connectivity index (χ2n) is 13.4. The first kappa shape index (κ1) is 37.3. The molecule has 2 N–H and O–H groups in total. The molecule has 2 saturated heterocycles. The summed E-state index contributed by atoms with van der Waals surface area (Å²) in [6, 6.07) is 39.4. The Morgan fingerprint density at radius 3 is 1.41 bits per heavy atom. The second kappa shape index (κ2) is 18.8. The number of ether oxygens (including phenoxy) is 7. The number of hydrogen-bond donors (Lipinski definition) is 2. The van der Waals surface area contributed by atoms with Crippen molar-refractivity contribution in [2.24, 2.45) is 5.92 Å². The lowest BCUT2D eigenvalue weighted by molar-refractivity contribution is -0.346. The first-order chi connectivity index (χ1) is 25.0. The van der Waals surface area contributed by atoms with Crippen molar-refractivity contribution in [3.8, 4) is 0 Å². The first-order valence-corrected chi connectivity index (χ1v) is 17.8. The van der Waals surface area contributed by atoms with E-state index in [4.69, 9.17) is 33.2 Å². The Morgan fingerprint density at radius 1 is 0.490 bits per heavy atom. The van der Waals surface area contributed by atoms with Crippen LogP contribution in [0.4, 0.5) is 0 Å². The lowest BCUT2D eigenvalue weighted by atomic mass is 9.87. The molecule has 9 nitrogen and oxygen atoms in total. The van der Waals surface area contributed by atoms with Crippen LogP contribution < -0.4 is 0 Å². The molecular formula is C42H50O9. The minimum atomic E-state index is -1.31. The van der Waals surface area contributed by atoms with Gasteiger partial charge in [-0.15, -0.1) is 0 Å². The predicted molar refractivity (Wildman–Crippen MR) is 191 cm³/mol. The van der Waals surface area contributed by atoms with Gasteiger partial charge in [0.25, 0.3) is 0 Å². The predicted octanol–water partition coefficient (Wildman–Crippen LogP) is 5.85. The average Bonchev–Trinajstić information content (AvgIpc) is 3.16. The van der Waals surface area contributed by atoms with Crippen molar-refractivity contribution in [3.05, 3.63) is 144 Å². The molecule has 4 aromatic carbocycles. The molecule has 10 atom stereocenters. The van der Waals surface area contributed by atoms with Gasteiger partial charge >= 0.3 is 0 Å². The number of aliphatic hydroxyl groups is 2. The molecule has 0 bridgehead atoms. The van der Waals surface area contributed by atoms with Gasteiger partial charge in [-0.1, -0.05) is 128 Å². The Hall–Kier alpha value is -3.48. The number of benzene rings is 4. The maximum absolute atomic E-state index is 11.5. The van der Waals surface area contributed by atoms with E-state index in [2.05, 4.69) is 6.92 Å². The van der Waals surface area contributed by atoms with Crippen LogP contribution in [0, 0.1) is 5.92 Å². The highest BCUT2D eigenvalue weighted by molar-refractivity contribution is 5.16. The molecule has 4 unspecified atom stereocenters. The minimum Gasteiger partial charge on any atom is -0.387 e. The quantitative estimate of drug-likeness (QED) is 0.149. The summed E-state index contributed by atoms with van der Waals surface area (Å²) in [6.07, 6.45) is -7.14. The highest BCUT2D eigenvalue weighted by Crippen LogP contribution is 2.35. The van der Waals surface area contributed by atoms with Crippen molar-refractivity contribution in [1.82, 2.24) is 0 Å². The molecule has 0 spiro atoms. The molecule has 0 aromatic heterocycles. The Labute approximate surface area is 301 Å². The van der Waals surface area contributed by atoms with Crippen molar-refractivity contribution < 1.29 is 43.4 Å². The molecule has 4 aromatic rings. The van der Waals surface area contributed by atoms with E-state index in [-0.39, 0.29) is 37.9 Å². The lowest BCUT2D eigenvalue weighted by Crippen LogP contribution is -2.63. The standard InChI is InChI=1S/C42H50O9/c1-29-39(47-25-33-19-11-5-12-20-33)30(2)49-36(28-46-24-32-17-9-4-10-18-32)40(29)51-42-41(48-26-34-21-13-6-14-22-34)38(44)37(43)35(50-42)27-45-23-31-15-7-3-8-16-31/h3-22,29-30,35-44H,23-28H2,1-2H3/t29?,30-,35?,36-,37+,38+,39?,40+,41?,42+/m1/s1. The molecule has 6 rings (SSSR count). The topological polar surface area (TPSA) is 105 Å². The third kappa shape index (κ3) is 10.3. The van der Waals surface area contributed by atoms with Gasteiger partial charge in [-0.3, -0.25) is 0 Å².